The topological polar surface area (TPSA) is 87.5 Å². The van der Waals surface area contributed by atoms with Crippen LogP contribution in [0.15, 0.2) is 18.2 Å². The molecule has 0 aliphatic carbocycles. The van der Waals surface area contributed by atoms with Crippen LogP contribution in [0.3, 0.4) is 0 Å². The van der Waals surface area contributed by atoms with Gasteiger partial charge in [-0.2, -0.15) is 0 Å². The molecule has 7 heteroatoms. The first-order valence-electron chi connectivity index (χ1n) is 7.79. The van der Waals surface area contributed by atoms with E-state index >= 15 is 0 Å². The summed E-state index contributed by atoms with van der Waals surface area (Å²) in [6.07, 6.45) is 1.81. The number of amides is 3. The van der Waals surface area contributed by atoms with Crippen LogP contribution in [0.5, 0.6) is 0 Å². The number of halogens is 1. The van der Waals surface area contributed by atoms with Crippen LogP contribution >= 0.6 is 11.6 Å². The molecule has 1 unspecified atom stereocenters. The SMILES string of the molecule is Cc1c(Cl)cccc1NC(=O)NCCN1CCCC(C(N)=O)C1. The fraction of sp³-hybridized carbons (Fsp3) is 0.500. The average molecular weight is 339 g/mol. The fourth-order valence-corrected chi connectivity index (χ4v) is 2.90. The van der Waals surface area contributed by atoms with Crippen LogP contribution in [0.2, 0.25) is 5.02 Å². The Bertz CT molecular complexity index is 579. The largest absolute Gasteiger partial charge is 0.369 e. The number of rotatable bonds is 5. The van der Waals surface area contributed by atoms with Gasteiger partial charge in [0.05, 0.1) is 5.92 Å². The first-order chi connectivity index (χ1) is 11.0. The highest BCUT2D eigenvalue weighted by Gasteiger charge is 2.23. The van der Waals surface area contributed by atoms with Crippen molar-refractivity contribution in [3.63, 3.8) is 0 Å². The number of carbonyl (C=O) groups is 2. The van der Waals surface area contributed by atoms with E-state index in [2.05, 4.69) is 15.5 Å². The summed E-state index contributed by atoms with van der Waals surface area (Å²) in [4.78, 5) is 25.3. The number of anilines is 1. The van der Waals surface area contributed by atoms with Crippen molar-refractivity contribution in [3.05, 3.63) is 28.8 Å². The lowest BCUT2D eigenvalue weighted by Gasteiger charge is -2.31. The van der Waals surface area contributed by atoms with E-state index in [4.69, 9.17) is 17.3 Å². The normalized spacial score (nSPS) is 18.4. The quantitative estimate of drug-likeness (QED) is 0.767. The molecule has 4 N–H and O–H groups in total. The Kier molecular flexibility index (Phi) is 6.24. The van der Waals surface area contributed by atoms with Crippen molar-refractivity contribution >= 4 is 29.2 Å². The number of likely N-dealkylation sites (tertiary alicyclic amines) is 1. The van der Waals surface area contributed by atoms with E-state index in [0.29, 0.717) is 30.3 Å². The molecule has 1 aromatic carbocycles. The van der Waals surface area contributed by atoms with Crippen LogP contribution in [0.1, 0.15) is 18.4 Å². The Balaban J connectivity index is 1.74. The van der Waals surface area contributed by atoms with Gasteiger partial charge in [-0.3, -0.25) is 4.79 Å². The zero-order valence-corrected chi connectivity index (χ0v) is 14.0. The van der Waals surface area contributed by atoms with Crippen LogP contribution in [0, 0.1) is 12.8 Å². The van der Waals surface area contributed by atoms with E-state index in [0.717, 1.165) is 24.9 Å². The number of nitrogens with one attached hydrogen (secondary N) is 2. The van der Waals surface area contributed by atoms with Gasteiger partial charge < -0.3 is 21.3 Å². The van der Waals surface area contributed by atoms with Gasteiger partial charge in [-0.25, -0.2) is 4.79 Å². The molecule has 0 saturated carbocycles. The second-order valence-electron chi connectivity index (χ2n) is 5.84. The van der Waals surface area contributed by atoms with Gasteiger partial charge >= 0.3 is 6.03 Å². The van der Waals surface area contributed by atoms with Crippen molar-refractivity contribution in [1.82, 2.24) is 10.2 Å². The Morgan fingerprint density at radius 1 is 1.43 bits per heavy atom. The first-order valence-corrected chi connectivity index (χ1v) is 8.17. The zero-order chi connectivity index (χ0) is 16.8. The van der Waals surface area contributed by atoms with Gasteiger partial charge in [-0.15, -0.1) is 0 Å². The molecule has 0 spiro atoms. The number of hydrogen-bond donors (Lipinski definition) is 3. The van der Waals surface area contributed by atoms with Crippen molar-refractivity contribution in [3.8, 4) is 0 Å². The number of hydrogen-bond acceptors (Lipinski definition) is 3. The Morgan fingerprint density at radius 3 is 2.96 bits per heavy atom. The van der Waals surface area contributed by atoms with Gasteiger partial charge in [0.2, 0.25) is 5.91 Å². The highest BCUT2D eigenvalue weighted by atomic mass is 35.5. The van der Waals surface area contributed by atoms with E-state index in [1.165, 1.54) is 0 Å². The summed E-state index contributed by atoms with van der Waals surface area (Å²) in [5, 5.41) is 6.23. The molecule has 1 aliphatic heterocycles. The molecule has 1 atom stereocenters. The standard InChI is InChI=1S/C16H23ClN4O2/c1-11-13(17)5-2-6-14(11)20-16(23)19-7-9-21-8-3-4-12(10-21)15(18)22/h2,5-6,12H,3-4,7-10H2,1H3,(H2,18,22)(H2,19,20,23). The molecule has 0 aromatic heterocycles. The van der Waals surface area contributed by atoms with E-state index in [1.54, 1.807) is 12.1 Å². The number of benzene rings is 1. The third-order valence-corrected chi connectivity index (χ3v) is 4.55. The van der Waals surface area contributed by atoms with Crippen molar-refractivity contribution in [1.29, 1.82) is 0 Å². The average Bonchev–Trinajstić information content (AvgIpc) is 2.52. The molecule has 0 bridgehead atoms. The van der Waals surface area contributed by atoms with Crippen LogP contribution < -0.4 is 16.4 Å². The second-order valence-corrected chi connectivity index (χ2v) is 6.24. The number of nitrogens with two attached hydrogens (primary N) is 1. The minimum absolute atomic E-state index is 0.0771. The summed E-state index contributed by atoms with van der Waals surface area (Å²) in [5.74, 6) is -0.316. The van der Waals surface area contributed by atoms with Gasteiger partial charge in [0, 0.05) is 30.3 Å². The summed E-state index contributed by atoms with van der Waals surface area (Å²) in [7, 11) is 0. The monoisotopic (exact) mass is 338 g/mol. The van der Waals surface area contributed by atoms with Gasteiger partial charge in [0.15, 0.2) is 0 Å². The zero-order valence-electron chi connectivity index (χ0n) is 13.3. The maximum atomic E-state index is 11.9. The molecular weight excluding hydrogens is 316 g/mol. The van der Waals surface area contributed by atoms with Crippen LogP contribution in [-0.4, -0.2) is 43.0 Å². The number of nitrogens with zero attached hydrogens (tertiary/aromatic N) is 1. The van der Waals surface area contributed by atoms with Crippen molar-refractivity contribution in [2.24, 2.45) is 11.7 Å². The molecule has 126 valence electrons. The Hall–Kier alpha value is -1.79. The molecular formula is C16H23ClN4O2. The molecule has 3 amide bonds. The number of carbonyl (C=O) groups excluding carboxylic acids is 2. The highest BCUT2D eigenvalue weighted by molar-refractivity contribution is 6.31. The highest BCUT2D eigenvalue weighted by Crippen LogP contribution is 2.22. The smallest absolute Gasteiger partial charge is 0.319 e. The molecule has 1 fully saturated rings. The molecule has 1 aliphatic rings. The summed E-state index contributed by atoms with van der Waals surface area (Å²) < 4.78 is 0. The van der Waals surface area contributed by atoms with Crippen molar-refractivity contribution in [2.45, 2.75) is 19.8 Å². The van der Waals surface area contributed by atoms with Crippen LogP contribution in [0.4, 0.5) is 10.5 Å². The lowest BCUT2D eigenvalue weighted by Crippen LogP contribution is -2.44. The molecule has 2 rings (SSSR count). The minimum atomic E-state index is -0.265. The van der Waals surface area contributed by atoms with E-state index in [9.17, 15) is 9.59 Å². The molecule has 1 saturated heterocycles. The maximum absolute atomic E-state index is 11.9. The van der Waals surface area contributed by atoms with Gasteiger partial charge in [-0.05, 0) is 44.0 Å². The summed E-state index contributed by atoms with van der Waals surface area (Å²) in [6, 6.07) is 5.12. The van der Waals surface area contributed by atoms with E-state index < -0.39 is 0 Å². The Labute approximate surface area is 141 Å². The summed E-state index contributed by atoms with van der Waals surface area (Å²) >= 11 is 6.03. The van der Waals surface area contributed by atoms with E-state index in [-0.39, 0.29) is 17.9 Å². The molecule has 1 aromatic rings. The lowest BCUT2D eigenvalue weighted by molar-refractivity contribution is -0.123. The summed E-state index contributed by atoms with van der Waals surface area (Å²) in [5.41, 5.74) is 6.90. The predicted octanol–water partition coefficient (Wildman–Crippen LogP) is 1.97. The fourth-order valence-electron chi connectivity index (χ4n) is 2.73. The third kappa shape index (κ3) is 5.11. The number of urea groups is 1. The summed E-state index contributed by atoms with van der Waals surface area (Å²) in [6.45, 7) is 4.67. The Morgan fingerprint density at radius 2 is 2.22 bits per heavy atom. The second kappa shape index (κ2) is 8.17. The number of piperidine rings is 1. The number of primary amides is 1. The predicted molar refractivity (Wildman–Crippen MR) is 91.6 cm³/mol. The first kappa shape index (κ1) is 17.6. The van der Waals surface area contributed by atoms with Crippen LogP contribution in [-0.2, 0) is 4.79 Å². The molecule has 0 radical (unpaired) electrons. The van der Waals surface area contributed by atoms with Crippen molar-refractivity contribution < 1.29 is 9.59 Å². The van der Waals surface area contributed by atoms with Gasteiger partial charge in [-0.1, -0.05) is 17.7 Å². The molecule has 23 heavy (non-hydrogen) atoms. The lowest BCUT2D eigenvalue weighted by atomic mass is 9.97. The van der Waals surface area contributed by atoms with Crippen LogP contribution in [0.25, 0.3) is 0 Å². The third-order valence-electron chi connectivity index (χ3n) is 4.14. The minimum Gasteiger partial charge on any atom is -0.369 e. The molecule has 1 heterocycles. The van der Waals surface area contributed by atoms with Crippen molar-refractivity contribution in [2.75, 3.05) is 31.5 Å². The van der Waals surface area contributed by atoms with E-state index in [1.807, 2.05) is 13.0 Å². The van der Waals surface area contributed by atoms with Gasteiger partial charge in [0.25, 0.3) is 0 Å². The maximum Gasteiger partial charge on any atom is 0.319 e. The van der Waals surface area contributed by atoms with Gasteiger partial charge in [0.1, 0.15) is 0 Å². The molecule has 6 nitrogen and oxygen atoms in total.